The van der Waals surface area contributed by atoms with Gasteiger partial charge >= 0.3 is 12.2 Å². The van der Waals surface area contributed by atoms with Crippen molar-refractivity contribution in [3.8, 4) is 6.07 Å². The van der Waals surface area contributed by atoms with Crippen molar-refractivity contribution >= 4 is 17.6 Å². The normalized spacial score (nSPS) is 21.5. The number of hydrogen-bond donors (Lipinski definition) is 2. The Morgan fingerprint density at radius 2 is 1.88 bits per heavy atom. The van der Waals surface area contributed by atoms with Crippen LogP contribution in [0.1, 0.15) is 37.8 Å². The van der Waals surface area contributed by atoms with Gasteiger partial charge in [0.1, 0.15) is 0 Å². The van der Waals surface area contributed by atoms with Crippen LogP contribution in [-0.4, -0.2) is 56.6 Å². The highest BCUT2D eigenvalue weighted by atomic mass is 19.4. The minimum Gasteiger partial charge on any atom is -0.370 e. The second-order valence-electron chi connectivity index (χ2n) is 9.53. The first-order chi connectivity index (χ1) is 16.0. The maximum absolute atomic E-state index is 13.5. The maximum atomic E-state index is 13.5. The van der Waals surface area contributed by atoms with Crippen LogP contribution in [0.15, 0.2) is 18.2 Å². The number of carbonyl (C=O) groups excluding carboxylic acids is 2. The maximum Gasteiger partial charge on any atom is 0.417 e. The number of nitrogens with zero attached hydrogens (tertiary/aromatic N) is 3. The molecule has 7 nitrogen and oxygen atoms in total. The molecule has 2 heterocycles. The fraction of sp³-hybridized carbons (Fsp3) is 0.625. The minimum absolute atomic E-state index is 0.0363. The number of urea groups is 1. The number of nitriles is 1. The molecule has 0 radical (unpaired) electrons. The van der Waals surface area contributed by atoms with Gasteiger partial charge in [-0.05, 0) is 48.8 Å². The van der Waals surface area contributed by atoms with Crippen LogP contribution in [0.2, 0.25) is 0 Å². The molecule has 34 heavy (non-hydrogen) atoms. The van der Waals surface area contributed by atoms with Gasteiger partial charge in [-0.2, -0.15) is 18.4 Å². The van der Waals surface area contributed by atoms with Crippen LogP contribution in [0.3, 0.4) is 0 Å². The summed E-state index contributed by atoms with van der Waals surface area (Å²) in [7, 11) is 1.56. The summed E-state index contributed by atoms with van der Waals surface area (Å²) in [6, 6.07) is 5.23. The lowest BCUT2D eigenvalue weighted by molar-refractivity contribution is -0.137. The van der Waals surface area contributed by atoms with E-state index in [-0.39, 0.29) is 29.7 Å². The molecule has 3 amide bonds. The van der Waals surface area contributed by atoms with Crippen molar-refractivity contribution in [2.75, 3.05) is 44.7 Å². The Bertz CT molecular complexity index is 936. The molecule has 3 rings (SSSR count). The number of amides is 3. The number of piperidine rings is 1. The van der Waals surface area contributed by atoms with E-state index in [4.69, 9.17) is 5.26 Å². The highest BCUT2D eigenvalue weighted by molar-refractivity contribution is 5.80. The topological polar surface area (TPSA) is 88.5 Å². The second kappa shape index (κ2) is 10.5. The number of nitrogens with one attached hydrogen (secondary N) is 2. The van der Waals surface area contributed by atoms with Crippen LogP contribution in [0.25, 0.3) is 0 Å². The van der Waals surface area contributed by atoms with E-state index in [0.717, 1.165) is 18.9 Å². The number of likely N-dealkylation sites (tertiary alicyclic amines) is 1. The number of carbonyl (C=O) groups is 2. The van der Waals surface area contributed by atoms with E-state index in [1.807, 2.05) is 18.7 Å². The van der Waals surface area contributed by atoms with E-state index in [9.17, 15) is 22.8 Å². The summed E-state index contributed by atoms with van der Waals surface area (Å²) in [6.07, 6.45) is -3.16. The first-order valence-corrected chi connectivity index (χ1v) is 11.7. The highest BCUT2D eigenvalue weighted by Crippen LogP contribution is 2.40. The second-order valence-corrected chi connectivity index (χ2v) is 9.53. The molecule has 1 aromatic rings. The molecule has 0 saturated carbocycles. The van der Waals surface area contributed by atoms with Crippen LogP contribution < -0.4 is 15.5 Å². The first-order valence-electron chi connectivity index (χ1n) is 11.7. The number of anilines is 1. The van der Waals surface area contributed by atoms with Crippen LogP contribution >= 0.6 is 0 Å². The summed E-state index contributed by atoms with van der Waals surface area (Å²) >= 11 is 0. The molecule has 2 atom stereocenters. The molecule has 2 saturated heterocycles. The molecule has 10 heteroatoms. The van der Waals surface area contributed by atoms with Gasteiger partial charge in [0.05, 0.1) is 23.1 Å². The number of benzene rings is 1. The fourth-order valence-corrected chi connectivity index (χ4v) is 4.98. The third-order valence-electron chi connectivity index (χ3n) is 6.84. The van der Waals surface area contributed by atoms with Crippen molar-refractivity contribution in [1.82, 2.24) is 15.5 Å². The molecular formula is C24H32F3N5O2. The van der Waals surface area contributed by atoms with Gasteiger partial charge in [-0.3, -0.25) is 4.79 Å². The predicted molar refractivity (Wildman–Crippen MR) is 122 cm³/mol. The largest absolute Gasteiger partial charge is 0.417 e. The number of hydrogen-bond acceptors (Lipinski definition) is 4. The van der Waals surface area contributed by atoms with E-state index in [1.54, 1.807) is 18.0 Å². The molecule has 2 aliphatic rings. The summed E-state index contributed by atoms with van der Waals surface area (Å²) in [6.45, 7) is 6.60. The van der Waals surface area contributed by atoms with Gasteiger partial charge in [-0.15, -0.1) is 0 Å². The first kappa shape index (κ1) is 25.7. The Morgan fingerprint density at radius 3 is 2.44 bits per heavy atom. The lowest BCUT2D eigenvalue weighted by Gasteiger charge is -2.36. The van der Waals surface area contributed by atoms with Crippen molar-refractivity contribution in [2.45, 2.75) is 32.9 Å². The van der Waals surface area contributed by atoms with Crippen molar-refractivity contribution in [1.29, 1.82) is 5.26 Å². The van der Waals surface area contributed by atoms with Gasteiger partial charge in [0, 0.05) is 45.5 Å². The Morgan fingerprint density at radius 1 is 1.21 bits per heavy atom. The van der Waals surface area contributed by atoms with Gasteiger partial charge in [0.2, 0.25) is 5.91 Å². The monoisotopic (exact) mass is 479 g/mol. The Balaban J connectivity index is 1.74. The van der Waals surface area contributed by atoms with Gasteiger partial charge in [0.25, 0.3) is 0 Å². The zero-order valence-electron chi connectivity index (χ0n) is 19.8. The minimum atomic E-state index is -4.64. The zero-order valence-corrected chi connectivity index (χ0v) is 19.8. The average Bonchev–Trinajstić information content (AvgIpc) is 3.26. The van der Waals surface area contributed by atoms with E-state index in [2.05, 4.69) is 10.6 Å². The number of halogens is 3. The summed E-state index contributed by atoms with van der Waals surface area (Å²) in [5.74, 6) is 0.0164. The third-order valence-corrected chi connectivity index (χ3v) is 6.84. The zero-order chi connectivity index (χ0) is 25.0. The average molecular weight is 480 g/mol. The Hall–Kier alpha value is -2.96. The van der Waals surface area contributed by atoms with Crippen molar-refractivity contribution < 1.29 is 22.8 Å². The number of rotatable bonds is 5. The van der Waals surface area contributed by atoms with Crippen molar-refractivity contribution in [3.05, 3.63) is 29.3 Å². The lowest BCUT2D eigenvalue weighted by Crippen LogP contribution is -2.47. The van der Waals surface area contributed by atoms with Crippen molar-refractivity contribution in [2.24, 2.45) is 23.7 Å². The summed E-state index contributed by atoms with van der Waals surface area (Å²) in [5.41, 5.74) is -1.03. The molecule has 0 bridgehead atoms. The molecule has 2 fully saturated rings. The van der Waals surface area contributed by atoms with E-state index >= 15 is 0 Å². The molecule has 0 unspecified atom stereocenters. The quantitative estimate of drug-likeness (QED) is 0.677. The smallest absolute Gasteiger partial charge is 0.370 e. The molecule has 0 aromatic heterocycles. The van der Waals surface area contributed by atoms with Gasteiger partial charge < -0.3 is 20.4 Å². The van der Waals surface area contributed by atoms with Crippen LogP contribution in [-0.2, 0) is 11.0 Å². The van der Waals surface area contributed by atoms with Crippen LogP contribution in [0, 0.1) is 35.0 Å². The fourth-order valence-electron chi connectivity index (χ4n) is 4.98. The molecule has 186 valence electrons. The van der Waals surface area contributed by atoms with Crippen LogP contribution in [0.5, 0.6) is 0 Å². The molecule has 1 aromatic carbocycles. The summed E-state index contributed by atoms with van der Waals surface area (Å²) < 4.78 is 40.4. The molecule has 2 aliphatic heterocycles. The van der Waals surface area contributed by atoms with E-state index in [0.29, 0.717) is 44.3 Å². The summed E-state index contributed by atoms with van der Waals surface area (Å²) in [4.78, 5) is 28.6. The standard InChI is InChI=1S/C24H32F3N5O2/c1-15(2)12-30-23(34)31-8-6-16(7-9-31)19-13-32(14-20(19)22(33)29-3)18-5-4-17(11-28)21(10-18)24(25,26)27/h4-5,10,15-16,19-20H,6-9,12-14H2,1-3H3,(H,29,33)(H,30,34)/t19-,20+/m0/s1. The molecule has 0 aliphatic carbocycles. The Labute approximate surface area is 198 Å². The SMILES string of the molecule is CNC(=O)[C@@H]1CN(c2ccc(C#N)c(C(F)(F)F)c2)C[C@H]1C1CCN(C(=O)NCC(C)C)CC1. The van der Waals surface area contributed by atoms with Crippen LogP contribution in [0.4, 0.5) is 23.7 Å². The third kappa shape index (κ3) is 5.75. The highest BCUT2D eigenvalue weighted by Gasteiger charge is 2.43. The van der Waals surface area contributed by atoms with Gasteiger partial charge in [-0.1, -0.05) is 13.8 Å². The molecule has 2 N–H and O–H groups in total. The summed E-state index contributed by atoms with van der Waals surface area (Å²) in [5, 5.41) is 14.7. The Kier molecular flexibility index (Phi) is 7.95. The van der Waals surface area contributed by atoms with Gasteiger partial charge in [-0.25, -0.2) is 4.79 Å². The lowest BCUT2D eigenvalue weighted by atomic mass is 9.78. The van der Waals surface area contributed by atoms with Crippen molar-refractivity contribution in [3.63, 3.8) is 0 Å². The molecule has 0 spiro atoms. The van der Waals surface area contributed by atoms with E-state index in [1.165, 1.54) is 12.1 Å². The predicted octanol–water partition coefficient (Wildman–Crippen LogP) is 3.45. The van der Waals surface area contributed by atoms with E-state index < -0.39 is 17.3 Å². The van der Waals surface area contributed by atoms with Gasteiger partial charge in [0.15, 0.2) is 0 Å². The number of alkyl halides is 3. The molecular weight excluding hydrogens is 447 g/mol.